The molecule has 2 aromatic carbocycles. The van der Waals surface area contributed by atoms with Crippen LogP contribution in [0.2, 0.25) is 0 Å². The van der Waals surface area contributed by atoms with Gasteiger partial charge >= 0.3 is 5.97 Å². The Morgan fingerprint density at radius 1 is 1.08 bits per heavy atom. The van der Waals surface area contributed by atoms with Gasteiger partial charge < -0.3 is 20.2 Å². The van der Waals surface area contributed by atoms with E-state index in [1.807, 2.05) is 60.7 Å². The van der Waals surface area contributed by atoms with E-state index >= 15 is 0 Å². The lowest BCUT2D eigenvalue weighted by molar-refractivity contribution is -0.154. The number of oxime groups is 1. The third-order valence-corrected chi connectivity index (χ3v) is 9.48. The van der Waals surface area contributed by atoms with Crippen LogP contribution in [0.4, 0.5) is 5.13 Å². The third kappa shape index (κ3) is 6.89. The molecule has 0 aliphatic carbocycles. The molecule has 242 valence electrons. The first-order valence-corrected chi connectivity index (χ1v) is 16.6. The number of nitrogens with zero attached hydrogens (tertiary/aromatic N) is 4. The van der Waals surface area contributed by atoms with Crippen LogP contribution in [0.1, 0.15) is 28.5 Å². The Hall–Kier alpha value is -5.60. The maximum absolute atomic E-state index is 13.9. The fourth-order valence-electron chi connectivity index (χ4n) is 5.10. The number of allylic oxidation sites excluding steroid dienone is 1. The molecule has 0 bridgehead atoms. The number of hydrogen-bond acceptors (Lipinski definition) is 11. The van der Waals surface area contributed by atoms with Crippen molar-refractivity contribution in [1.82, 2.24) is 20.2 Å². The lowest BCUT2D eigenvalue weighted by Gasteiger charge is -2.49. The second kappa shape index (κ2) is 14.9. The normalized spacial score (nSPS) is 17.2. The smallest absolute Gasteiger partial charge is 0.356 e. The van der Waals surface area contributed by atoms with Gasteiger partial charge in [0.2, 0.25) is 6.41 Å². The van der Waals surface area contributed by atoms with Crippen molar-refractivity contribution >= 4 is 58.1 Å². The number of aromatic nitrogens is 2. The third-order valence-electron chi connectivity index (χ3n) is 7.41. The summed E-state index contributed by atoms with van der Waals surface area (Å²) in [5, 5.41) is 10.4. The molecule has 14 heteroatoms. The van der Waals surface area contributed by atoms with Crippen LogP contribution < -0.4 is 10.6 Å². The maximum atomic E-state index is 13.9. The van der Waals surface area contributed by atoms with Gasteiger partial charge in [0, 0.05) is 29.1 Å². The summed E-state index contributed by atoms with van der Waals surface area (Å²) < 4.78 is 6.10. The van der Waals surface area contributed by atoms with Crippen molar-refractivity contribution in [3.63, 3.8) is 0 Å². The van der Waals surface area contributed by atoms with Crippen molar-refractivity contribution in [3.8, 4) is 0 Å². The maximum Gasteiger partial charge on any atom is 0.356 e. The number of thioether (sulfide) groups is 1. The van der Waals surface area contributed by atoms with Gasteiger partial charge in [-0.25, -0.2) is 9.78 Å². The minimum absolute atomic E-state index is 0.0242. The lowest BCUT2D eigenvalue weighted by atomic mass is 10.0. The Morgan fingerprint density at radius 3 is 2.46 bits per heavy atom. The van der Waals surface area contributed by atoms with E-state index in [9.17, 15) is 19.2 Å². The number of anilines is 1. The average Bonchev–Trinajstić information content (AvgIpc) is 3.59. The second-order valence-electron chi connectivity index (χ2n) is 10.4. The largest absolute Gasteiger partial charge is 0.448 e. The molecule has 3 amide bonds. The van der Waals surface area contributed by atoms with Gasteiger partial charge in [-0.2, -0.15) is 0 Å². The molecule has 2 aromatic heterocycles. The van der Waals surface area contributed by atoms with Crippen molar-refractivity contribution in [2.75, 3.05) is 11.1 Å². The number of hydrogen-bond donors (Lipinski definition) is 2. The van der Waals surface area contributed by atoms with Gasteiger partial charge in [-0.3, -0.25) is 24.3 Å². The summed E-state index contributed by atoms with van der Waals surface area (Å²) in [6.07, 6.45) is 4.50. The van der Waals surface area contributed by atoms with Gasteiger partial charge in [0.25, 0.3) is 11.8 Å². The molecule has 2 N–H and O–H groups in total. The Kier molecular flexibility index (Phi) is 10.0. The minimum Gasteiger partial charge on any atom is -0.448 e. The van der Waals surface area contributed by atoms with Gasteiger partial charge in [0.1, 0.15) is 29.4 Å². The molecule has 6 rings (SSSR count). The van der Waals surface area contributed by atoms with Crippen LogP contribution in [-0.4, -0.2) is 61.9 Å². The summed E-state index contributed by atoms with van der Waals surface area (Å²) in [6, 6.07) is 21.2. The quantitative estimate of drug-likeness (QED) is 0.0696. The van der Waals surface area contributed by atoms with E-state index in [1.165, 1.54) is 28.1 Å². The molecule has 12 nitrogen and oxygen atoms in total. The van der Waals surface area contributed by atoms with E-state index in [2.05, 4.69) is 32.3 Å². The molecule has 0 spiro atoms. The first-order valence-electron chi connectivity index (χ1n) is 14.7. The highest BCUT2D eigenvalue weighted by Gasteiger charge is 2.54. The average molecular weight is 681 g/mol. The minimum atomic E-state index is -0.981. The van der Waals surface area contributed by atoms with Crippen LogP contribution in [0.5, 0.6) is 0 Å². The molecule has 48 heavy (non-hydrogen) atoms. The number of nitrogens with one attached hydrogen (secondary N) is 2. The van der Waals surface area contributed by atoms with Gasteiger partial charge in [-0.1, -0.05) is 84.5 Å². The summed E-state index contributed by atoms with van der Waals surface area (Å²) in [4.78, 5) is 67.2. The summed E-state index contributed by atoms with van der Waals surface area (Å²) in [5.74, 6) is -1.55. The van der Waals surface area contributed by atoms with Gasteiger partial charge in [0.15, 0.2) is 16.9 Å². The van der Waals surface area contributed by atoms with Crippen molar-refractivity contribution in [1.29, 1.82) is 0 Å². The fourth-order valence-corrected chi connectivity index (χ4v) is 7.10. The Balaban J connectivity index is 1.21. The van der Waals surface area contributed by atoms with Crippen molar-refractivity contribution in [3.05, 3.63) is 137 Å². The van der Waals surface area contributed by atoms with Crippen LogP contribution in [0, 0.1) is 0 Å². The number of rotatable bonds is 13. The zero-order valence-corrected chi connectivity index (χ0v) is 26.9. The number of ether oxygens (including phenoxy) is 1. The molecule has 1 fully saturated rings. The number of pyridine rings is 1. The number of benzene rings is 2. The van der Waals surface area contributed by atoms with Crippen molar-refractivity contribution < 1.29 is 28.8 Å². The zero-order chi connectivity index (χ0) is 33.5. The van der Waals surface area contributed by atoms with E-state index in [1.54, 1.807) is 24.5 Å². The number of amides is 3. The number of fused-ring (bicyclic) bond motifs is 1. The van der Waals surface area contributed by atoms with E-state index < -0.39 is 35.3 Å². The van der Waals surface area contributed by atoms with Crippen LogP contribution in [0.15, 0.2) is 120 Å². The molecule has 4 aromatic rings. The molecule has 2 aliphatic rings. The monoisotopic (exact) mass is 680 g/mol. The van der Waals surface area contributed by atoms with Crippen LogP contribution in [-0.2, 0) is 35.4 Å². The highest BCUT2D eigenvalue weighted by molar-refractivity contribution is 8.00. The summed E-state index contributed by atoms with van der Waals surface area (Å²) in [5.41, 5.74) is 2.82. The Bertz CT molecular complexity index is 1840. The number of β-lactam (4-membered cyclic amide) rings is 1. The highest BCUT2D eigenvalue weighted by Crippen LogP contribution is 2.42. The number of carbonyl (C=O) groups is 4. The summed E-state index contributed by atoms with van der Waals surface area (Å²) in [6.45, 7) is 3.88. The standard InChI is InChI=1S/C34H28N6O6S2/c1-2-22-18-47-32-27(38-30(42)26(25-19-48-34(37-25)36-20-41)39-45-17-21-10-9-15-35-16-21)31(43)40(32)28(22)33(44)46-29(23-11-5-3-6-12-23)24-13-7-4-8-14-24/h2-16,19-20,27,29,32H,1,17-18H2,(H,38,42)(H,36,37,41)/t27?,32-/m1/s1. The number of thiazole rings is 1. The summed E-state index contributed by atoms with van der Waals surface area (Å²) >= 11 is 2.47. The summed E-state index contributed by atoms with van der Waals surface area (Å²) in [7, 11) is 0. The first-order chi connectivity index (χ1) is 23.5. The van der Waals surface area contributed by atoms with Crippen molar-refractivity contribution in [2.24, 2.45) is 5.16 Å². The Morgan fingerprint density at radius 2 is 1.81 bits per heavy atom. The van der Waals surface area contributed by atoms with E-state index in [4.69, 9.17) is 9.57 Å². The van der Waals surface area contributed by atoms with E-state index in [0.717, 1.165) is 28.0 Å². The fraction of sp³-hybridized carbons (Fsp3) is 0.147. The predicted octanol–water partition coefficient (Wildman–Crippen LogP) is 4.20. The molecular formula is C34H28N6O6S2. The first kappa shape index (κ1) is 32.3. The molecule has 0 radical (unpaired) electrons. The molecule has 1 unspecified atom stereocenters. The van der Waals surface area contributed by atoms with Crippen LogP contribution in [0.3, 0.4) is 0 Å². The lowest BCUT2D eigenvalue weighted by Crippen LogP contribution is -2.71. The molecule has 4 heterocycles. The SMILES string of the molecule is C=CC1=C(C(=O)OC(c2ccccc2)c2ccccc2)N2C(=O)C(NC(=O)C(=NOCc3cccnc3)c3csc(NC=O)n3)[C@H]2SC1. The van der Waals surface area contributed by atoms with Crippen LogP contribution in [0.25, 0.3) is 0 Å². The number of carbonyl (C=O) groups excluding carboxylic acids is 4. The van der Waals surface area contributed by atoms with Gasteiger partial charge in [0.05, 0.1) is 0 Å². The van der Waals surface area contributed by atoms with Gasteiger partial charge in [-0.15, -0.1) is 23.1 Å². The Labute approximate surface area is 283 Å². The highest BCUT2D eigenvalue weighted by atomic mass is 32.2. The predicted molar refractivity (Wildman–Crippen MR) is 180 cm³/mol. The van der Waals surface area contributed by atoms with Crippen LogP contribution >= 0.6 is 23.1 Å². The zero-order valence-electron chi connectivity index (χ0n) is 25.2. The molecule has 2 atom stereocenters. The molecule has 1 saturated heterocycles. The van der Waals surface area contributed by atoms with Crippen molar-refractivity contribution in [2.45, 2.75) is 24.1 Å². The molecular weight excluding hydrogens is 653 g/mol. The van der Waals surface area contributed by atoms with E-state index in [0.29, 0.717) is 17.7 Å². The molecule has 0 saturated carbocycles. The second-order valence-corrected chi connectivity index (χ2v) is 12.4. The van der Waals surface area contributed by atoms with Gasteiger partial charge in [-0.05, 0) is 22.8 Å². The molecule has 2 aliphatic heterocycles. The number of esters is 1. The van der Waals surface area contributed by atoms with E-state index in [-0.39, 0.29) is 28.8 Å². The topological polar surface area (TPSA) is 152 Å².